The highest BCUT2D eigenvalue weighted by Crippen LogP contribution is 2.31. The smallest absolute Gasteiger partial charge is 0.265 e. The summed E-state index contributed by atoms with van der Waals surface area (Å²) < 4.78 is 30.3. The fourth-order valence-corrected chi connectivity index (χ4v) is 4.08. The van der Waals surface area contributed by atoms with Crippen LogP contribution in [0.1, 0.15) is 20.4 Å². The molecule has 8 heteroatoms. The molecule has 0 spiro atoms. The van der Waals surface area contributed by atoms with Crippen LogP contribution >= 0.6 is 11.3 Å². The Labute approximate surface area is 177 Å². The van der Waals surface area contributed by atoms with E-state index in [9.17, 15) is 9.18 Å². The number of aromatic nitrogens is 1. The van der Waals surface area contributed by atoms with E-state index in [1.54, 1.807) is 31.0 Å². The van der Waals surface area contributed by atoms with Crippen LogP contribution in [-0.2, 0) is 6.61 Å². The summed E-state index contributed by atoms with van der Waals surface area (Å²) >= 11 is 1.30. The lowest BCUT2D eigenvalue weighted by molar-refractivity contribution is 0.0523. The number of hydrogen-bond donors (Lipinski definition) is 0. The molecule has 1 aliphatic heterocycles. The number of amides is 1. The maximum atomic E-state index is 13.0. The number of carbonyl (C=O) groups excluding carboxylic acids is 1. The van der Waals surface area contributed by atoms with Crippen molar-refractivity contribution in [3.05, 3.63) is 69.9 Å². The molecule has 0 fully saturated rings. The monoisotopic (exact) mass is 428 g/mol. The van der Waals surface area contributed by atoms with E-state index in [4.69, 9.17) is 14.2 Å². The number of halogens is 1. The summed E-state index contributed by atoms with van der Waals surface area (Å²) in [6.45, 7) is 2.79. The fraction of sp³-hybridized carbons (Fsp3) is 0.273. The van der Waals surface area contributed by atoms with Crippen LogP contribution < -0.4 is 14.2 Å². The number of aryl methyl sites for hydroxylation is 1. The lowest BCUT2D eigenvalue weighted by atomic mass is 10.2. The first kappa shape index (κ1) is 20.2. The molecule has 2 aromatic carbocycles. The van der Waals surface area contributed by atoms with E-state index in [0.29, 0.717) is 46.0 Å². The minimum atomic E-state index is -0.320. The quantitative estimate of drug-likeness (QED) is 0.592. The van der Waals surface area contributed by atoms with Crippen molar-refractivity contribution in [1.82, 2.24) is 9.88 Å². The van der Waals surface area contributed by atoms with Gasteiger partial charge in [-0.1, -0.05) is 12.1 Å². The number of ether oxygens (including phenoxy) is 3. The Kier molecular flexibility index (Phi) is 5.85. The minimum Gasteiger partial charge on any atom is -0.486 e. The van der Waals surface area contributed by atoms with Gasteiger partial charge in [-0.25, -0.2) is 9.37 Å². The Hall–Kier alpha value is -3.13. The van der Waals surface area contributed by atoms with Gasteiger partial charge in [0.05, 0.1) is 12.2 Å². The minimum absolute atomic E-state index is 0.125. The van der Waals surface area contributed by atoms with Crippen LogP contribution in [0.2, 0.25) is 0 Å². The van der Waals surface area contributed by atoms with E-state index < -0.39 is 0 Å². The molecular formula is C22H21FN2O4S. The SMILES string of the molecule is Cc1nc(COc2ccc(F)cc2)sc1C(=O)N(C)CC1COc2ccccc2O1. The molecule has 0 bridgehead atoms. The third-order valence-electron chi connectivity index (χ3n) is 4.60. The van der Waals surface area contributed by atoms with E-state index in [1.165, 1.54) is 23.5 Å². The average Bonchev–Trinajstić information content (AvgIpc) is 3.13. The first-order chi connectivity index (χ1) is 14.5. The summed E-state index contributed by atoms with van der Waals surface area (Å²) in [4.78, 5) is 19.5. The zero-order valence-electron chi connectivity index (χ0n) is 16.6. The lowest BCUT2D eigenvalue weighted by Crippen LogP contribution is -2.41. The molecule has 156 valence electrons. The van der Waals surface area contributed by atoms with Crippen molar-refractivity contribution in [2.45, 2.75) is 19.6 Å². The zero-order chi connectivity index (χ0) is 21.1. The summed E-state index contributed by atoms with van der Waals surface area (Å²) in [5.74, 6) is 1.50. The Bertz CT molecular complexity index is 1040. The van der Waals surface area contributed by atoms with Gasteiger partial charge in [-0.15, -0.1) is 11.3 Å². The zero-order valence-corrected chi connectivity index (χ0v) is 17.4. The maximum absolute atomic E-state index is 13.0. The second-order valence-corrected chi connectivity index (χ2v) is 8.03. The molecule has 0 saturated carbocycles. The molecule has 1 amide bonds. The Morgan fingerprint density at radius 3 is 2.73 bits per heavy atom. The van der Waals surface area contributed by atoms with Crippen LogP contribution in [-0.4, -0.2) is 42.1 Å². The number of thiazole rings is 1. The van der Waals surface area contributed by atoms with Gasteiger partial charge in [-0.05, 0) is 43.3 Å². The number of rotatable bonds is 6. The second-order valence-electron chi connectivity index (χ2n) is 6.95. The van der Waals surface area contributed by atoms with E-state index in [0.717, 1.165) is 0 Å². The van der Waals surface area contributed by atoms with Crippen molar-refractivity contribution < 1.29 is 23.4 Å². The van der Waals surface area contributed by atoms with E-state index in [-0.39, 0.29) is 24.4 Å². The number of para-hydroxylation sites is 2. The van der Waals surface area contributed by atoms with Gasteiger partial charge in [0.1, 0.15) is 34.7 Å². The molecule has 0 radical (unpaired) electrons. The Balaban J connectivity index is 1.36. The van der Waals surface area contributed by atoms with Crippen LogP contribution in [0.4, 0.5) is 4.39 Å². The van der Waals surface area contributed by atoms with Gasteiger partial charge >= 0.3 is 0 Å². The van der Waals surface area contributed by atoms with Crippen molar-refractivity contribution >= 4 is 17.2 Å². The number of hydrogen-bond acceptors (Lipinski definition) is 6. The highest BCUT2D eigenvalue weighted by Gasteiger charge is 2.26. The molecular weight excluding hydrogens is 407 g/mol. The normalized spacial score (nSPS) is 15.0. The summed E-state index contributed by atoms with van der Waals surface area (Å²) in [5, 5.41) is 0.680. The topological polar surface area (TPSA) is 60.9 Å². The van der Waals surface area contributed by atoms with Gasteiger partial charge in [0.2, 0.25) is 0 Å². The highest BCUT2D eigenvalue weighted by atomic mass is 32.1. The molecule has 0 saturated heterocycles. The second kappa shape index (κ2) is 8.71. The number of carbonyl (C=O) groups is 1. The number of benzene rings is 2. The van der Waals surface area contributed by atoms with E-state index in [2.05, 4.69) is 4.98 Å². The van der Waals surface area contributed by atoms with Crippen LogP contribution in [0.5, 0.6) is 17.2 Å². The Morgan fingerprint density at radius 2 is 1.97 bits per heavy atom. The van der Waals surface area contributed by atoms with Crippen molar-refractivity contribution in [1.29, 1.82) is 0 Å². The van der Waals surface area contributed by atoms with E-state index in [1.807, 2.05) is 24.3 Å². The van der Waals surface area contributed by atoms with Gasteiger partial charge in [0.25, 0.3) is 5.91 Å². The van der Waals surface area contributed by atoms with Crippen molar-refractivity contribution in [2.24, 2.45) is 0 Å². The molecule has 2 heterocycles. The largest absolute Gasteiger partial charge is 0.486 e. The molecule has 3 aromatic rings. The van der Waals surface area contributed by atoms with Crippen LogP contribution in [0, 0.1) is 12.7 Å². The molecule has 30 heavy (non-hydrogen) atoms. The lowest BCUT2D eigenvalue weighted by Gasteiger charge is -2.29. The summed E-state index contributed by atoms with van der Waals surface area (Å²) in [7, 11) is 1.74. The van der Waals surface area contributed by atoms with Gasteiger partial charge in [-0.2, -0.15) is 0 Å². The maximum Gasteiger partial charge on any atom is 0.265 e. The van der Waals surface area contributed by atoms with Crippen LogP contribution in [0.3, 0.4) is 0 Å². The van der Waals surface area contributed by atoms with Gasteiger partial charge in [0, 0.05) is 7.05 Å². The molecule has 4 rings (SSSR count). The molecule has 1 aliphatic rings. The van der Waals surface area contributed by atoms with Gasteiger partial charge in [0.15, 0.2) is 17.6 Å². The standard InChI is InChI=1S/C22H21FN2O4S/c1-14-21(30-20(24-14)13-27-16-9-7-15(23)8-10-16)22(26)25(2)11-17-12-28-18-5-3-4-6-19(18)29-17/h3-10,17H,11-13H2,1-2H3. The van der Waals surface area contributed by atoms with Crippen molar-refractivity contribution in [2.75, 3.05) is 20.2 Å². The number of nitrogens with zero attached hydrogens (tertiary/aromatic N) is 2. The van der Waals surface area contributed by atoms with Gasteiger partial charge in [-0.3, -0.25) is 4.79 Å². The number of likely N-dealkylation sites (N-methyl/N-ethyl adjacent to an activating group) is 1. The third kappa shape index (κ3) is 4.54. The van der Waals surface area contributed by atoms with Crippen molar-refractivity contribution in [3.8, 4) is 17.2 Å². The van der Waals surface area contributed by atoms with Gasteiger partial charge < -0.3 is 19.1 Å². The van der Waals surface area contributed by atoms with Crippen LogP contribution in [0.15, 0.2) is 48.5 Å². The first-order valence-electron chi connectivity index (χ1n) is 9.48. The predicted octanol–water partition coefficient (Wildman–Crippen LogP) is 4.08. The predicted molar refractivity (Wildman–Crippen MR) is 111 cm³/mol. The van der Waals surface area contributed by atoms with Crippen LogP contribution in [0.25, 0.3) is 0 Å². The third-order valence-corrected chi connectivity index (χ3v) is 5.72. The first-order valence-corrected chi connectivity index (χ1v) is 10.3. The van der Waals surface area contributed by atoms with E-state index >= 15 is 0 Å². The summed E-state index contributed by atoms with van der Waals surface area (Å²) in [5.41, 5.74) is 0.653. The Morgan fingerprint density at radius 1 is 1.23 bits per heavy atom. The molecule has 1 aromatic heterocycles. The fourth-order valence-electron chi connectivity index (χ4n) is 3.10. The summed E-state index contributed by atoms with van der Waals surface area (Å²) in [6, 6.07) is 13.3. The molecule has 1 unspecified atom stereocenters. The average molecular weight is 428 g/mol. The molecule has 6 nitrogen and oxygen atoms in total. The number of fused-ring (bicyclic) bond motifs is 1. The van der Waals surface area contributed by atoms with Crippen molar-refractivity contribution in [3.63, 3.8) is 0 Å². The molecule has 0 aliphatic carbocycles. The highest BCUT2D eigenvalue weighted by molar-refractivity contribution is 7.13. The molecule has 0 N–H and O–H groups in total. The molecule has 1 atom stereocenters. The summed E-state index contributed by atoms with van der Waals surface area (Å²) in [6.07, 6.45) is -0.247.